The highest BCUT2D eigenvalue weighted by Gasteiger charge is 2.44. The normalized spacial score (nSPS) is 11.6. The Labute approximate surface area is 88.8 Å². The predicted octanol–water partition coefficient (Wildman–Crippen LogP) is 3.13. The number of alkyl halides is 4. The van der Waals surface area contributed by atoms with Crippen molar-refractivity contribution in [2.75, 3.05) is 0 Å². The largest absolute Gasteiger partial charge is 0.461 e. The molecule has 0 aliphatic carbocycles. The van der Waals surface area contributed by atoms with Gasteiger partial charge in [-0.3, -0.25) is 4.79 Å². The van der Waals surface area contributed by atoms with Crippen molar-refractivity contribution in [1.82, 2.24) is 0 Å². The van der Waals surface area contributed by atoms with Crippen molar-refractivity contribution in [1.29, 1.82) is 0 Å². The van der Waals surface area contributed by atoms with Gasteiger partial charge in [0.1, 0.15) is 5.75 Å². The highest BCUT2D eigenvalue weighted by atomic mass is 19.3. The van der Waals surface area contributed by atoms with E-state index in [0.717, 1.165) is 13.0 Å². The van der Waals surface area contributed by atoms with E-state index in [1.807, 2.05) is 0 Å². The molecule has 88 valence electrons. The summed E-state index contributed by atoms with van der Waals surface area (Å²) in [5.74, 6) is -1.10. The number of ether oxygens (including phenoxy) is 1. The van der Waals surface area contributed by atoms with Crippen LogP contribution in [-0.2, 0) is 0 Å². The van der Waals surface area contributed by atoms with Gasteiger partial charge in [-0.25, -0.2) is 0 Å². The van der Waals surface area contributed by atoms with Gasteiger partial charge in [-0.05, 0) is 19.1 Å². The van der Waals surface area contributed by atoms with E-state index in [2.05, 4.69) is 4.74 Å². The first-order chi connectivity index (χ1) is 7.34. The van der Waals surface area contributed by atoms with Gasteiger partial charge in [-0.1, -0.05) is 12.1 Å². The maximum Gasteiger partial charge on any atom is 0.461 e. The van der Waals surface area contributed by atoms with Gasteiger partial charge in [-0.2, -0.15) is 17.6 Å². The Morgan fingerprint density at radius 1 is 1.31 bits per heavy atom. The fraction of sp³-hybridized carbons (Fsp3) is 0.300. The minimum atomic E-state index is -4.61. The number of para-hydroxylation sites is 1. The first-order valence-electron chi connectivity index (χ1n) is 4.29. The summed E-state index contributed by atoms with van der Waals surface area (Å²) < 4.78 is 52.8. The van der Waals surface area contributed by atoms with Crippen LogP contribution >= 0.6 is 0 Å². The van der Waals surface area contributed by atoms with Crippen LogP contribution in [0.15, 0.2) is 24.3 Å². The van der Waals surface area contributed by atoms with Gasteiger partial charge in [0, 0.05) is 0 Å². The first kappa shape index (κ1) is 12.5. The van der Waals surface area contributed by atoms with E-state index in [9.17, 15) is 22.4 Å². The second-order valence-corrected chi connectivity index (χ2v) is 3.02. The van der Waals surface area contributed by atoms with Crippen LogP contribution < -0.4 is 4.74 Å². The molecule has 0 aliphatic heterocycles. The van der Waals surface area contributed by atoms with Crippen LogP contribution in [0.1, 0.15) is 17.3 Å². The Hall–Kier alpha value is -1.59. The monoisotopic (exact) mass is 236 g/mol. The molecule has 0 saturated carbocycles. The van der Waals surface area contributed by atoms with Gasteiger partial charge in [0.25, 0.3) is 0 Å². The number of Topliss-reactive ketones (excluding diaryl/α,β-unsaturated/α-hetero) is 1. The third kappa shape index (κ3) is 2.71. The van der Waals surface area contributed by atoms with Crippen LogP contribution in [0.2, 0.25) is 0 Å². The molecule has 0 N–H and O–H groups in total. The second kappa shape index (κ2) is 4.51. The molecule has 0 spiro atoms. The van der Waals surface area contributed by atoms with Crippen molar-refractivity contribution in [2.24, 2.45) is 0 Å². The summed E-state index contributed by atoms with van der Waals surface area (Å²) in [5, 5.41) is 0. The molecule has 0 amide bonds. The van der Waals surface area contributed by atoms with E-state index in [4.69, 9.17) is 0 Å². The Morgan fingerprint density at radius 2 is 1.88 bits per heavy atom. The smallest absolute Gasteiger partial charge is 0.428 e. The minimum Gasteiger partial charge on any atom is -0.428 e. The van der Waals surface area contributed by atoms with E-state index in [1.54, 1.807) is 0 Å². The quantitative estimate of drug-likeness (QED) is 0.593. The van der Waals surface area contributed by atoms with Gasteiger partial charge in [0.05, 0.1) is 5.56 Å². The average Bonchev–Trinajstić information content (AvgIpc) is 2.17. The van der Waals surface area contributed by atoms with Crippen LogP contribution in [-0.4, -0.2) is 18.3 Å². The number of hydrogen-bond acceptors (Lipinski definition) is 2. The van der Waals surface area contributed by atoms with Crippen LogP contribution in [0, 0.1) is 0 Å². The topological polar surface area (TPSA) is 26.3 Å². The average molecular weight is 236 g/mol. The first-order valence-corrected chi connectivity index (χ1v) is 4.29. The number of carbonyl (C=O) groups is 1. The molecule has 1 rings (SSSR count). The molecule has 0 heterocycles. The summed E-state index contributed by atoms with van der Waals surface area (Å²) in [5.41, 5.74) is -0.164. The number of ketones is 1. The molecule has 0 atom stereocenters. The van der Waals surface area contributed by atoms with Gasteiger partial charge in [-0.15, -0.1) is 0 Å². The molecule has 0 bridgehead atoms. The lowest BCUT2D eigenvalue weighted by Crippen LogP contribution is -2.33. The number of benzene rings is 1. The van der Waals surface area contributed by atoms with Gasteiger partial charge < -0.3 is 4.74 Å². The maximum atomic E-state index is 12.6. The molecule has 0 aromatic heterocycles. The zero-order chi connectivity index (χ0) is 12.3. The Bertz CT molecular complexity index is 390. The number of hydrogen-bond donors (Lipinski definition) is 0. The van der Waals surface area contributed by atoms with E-state index in [0.29, 0.717) is 0 Å². The molecule has 1 aromatic carbocycles. The van der Waals surface area contributed by atoms with Crippen LogP contribution in [0.3, 0.4) is 0 Å². The van der Waals surface area contributed by atoms with Crippen molar-refractivity contribution >= 4 is 5.78 Å². The van der Waals surface area contributed by atoms with Gasteiger partial charge in [0.15, 0.2) is 5.78 Å². The standard InChI is InChI=1S/C10H8F4O2/c1-6(15)7-4-2-3-5-8(7)16-10(13,14)9(11)12/h2-5,9H,1H3. The van der Waals surface area contributed by atoms with Gasteiger partial charge >= 0.3 is 12.5 Å². The highest BCUT2D eigenvalue weighted by molar-refractivity contribution is 5.96. The van der Waals surface area contributed by atoms with Crippen molar-refractivity contribution in [3.8, 4) is 5.75 Å². The van der Waals surface area contributed by atoms with Crippen molar-refractivity contribution in [2.45, 2.75) is 19.5 Å². The SMILES string of the molecule is CC(=O)c1ccccc1OC(F)(F)C(F)F. The Balaban J connectivity index is 3.02. The zero-order valence-corrected chi connectivity index (χ0v) is 8.22. The molecule has 0 fully saturated rings. The van der Waals surface area contributed by atoms with Crippen molar-refractivity contribution < 1.29 is 27.1 Å². The summed E-state index contributed by atoms with van der Waals surface area (Å²) >= 11 is 0. The van der Waals surface area contributed by atoms with Crippen LogP contribution in [0.25, 0.3) is 0 Å². The zero-order valence-electron chi connectivity index (χ0n) is 8.22. The second-order valence-electron chi connectivity index (χ2n) is 3.02. The molecule has 0 unspecified atom stereocenters. The number of carbonyl (C=O) groups excluding carboxylic acids is 1. The fourth-order valence-electron chi connectivity index (χ4n) is 1.04. The lowest BCUT2D eigenvalue weighted by Gasteiger charge is -2.18. The molecule has 1 aromatic rings. The van der Waals surface area contributed by atoms with E-state index in [-0.39, 0.29) is 5.56 Å². The molecule has 16 heavy (non-hydrogen) atoms. The summed E-state index contributed by atoms with van der Waals surface area (Å²) in [6, 6.07) is 4.99. The summed E-state index contributed by atoms with van der Waals surface area (Å²) in [6.07, 6.45) is -8.56. The van der Waals surface area contributed by atoms with E-state index < -0.39 is 24.1 Å². The molecule has 0 radical (unpaired) electrons. The Morgan fingerprint density at radius 3 is 2.38 bits per heavy atom. The third-order valence-electron chi connectivity index (χ3n) is 1.77. The molecule has 0 aliphatic rings. The third-order valence-corrected chi connectivity index (χ3v) is 1.77. The molecule has 0 saturated heterocycles. The number of halogens is 4. The fourth-order valence-corrected chi connectivity index (χ4v) is 1.04. The lowest BCUT2D eigenvalue weighted by molar-refractivity contribution is -0.253. The predicted molar refractivity (Wildman–Crippen MR) is 48.0 cm³/mol. The van der Waals surface area contributed by atoms with Crippen molar-refractivity contribution in [3.05, 3.63) is 29.8 Å². The number of rotatable bonds is 4. The van der Waals surface area contributed by atoms with E-state index in [1.165, 1.54) is 18.2 Å². The van der Waals surface area contributed by atoms with Crippen LogP contribution in [0.4, 0.5) is 17.6 Å². The molecule has 6 heteroatoms. The highest BCUT2D eigenvalue weighted by Crippen LogP contribution is 2.29. The molecular formula is C10H8F4O2. The molecular weight excluding hydrogens is 228 g/mol. The lowest BCUT2D eigenvalue weighted by atomic mass is 10.1. The van der Waals surface area contributed by atoms with Crippen molar-refractivity contribution in [3.63, 3.8) is 0 Å². The van der Waals surface area contributed by atoms with Gasteiger partial charge in [0.2, 0.25) is 0 Å². The summed E-state index contributed by atoms with van der Waals surface area (Å²) in [7, 11) is 0. The molecule has 2 nitrogen and oxygen atoms in total. The summed E-state index contributed by atoms with van der Waals surface area (Å²) in [6.45, 7) is 1.13. The van der Waals surface area contributed by atoms with E-state index >= 15 is 0 Å². The minimum absolute atomic E-state index is 0.164. The Kier molecular flexibility index (Phi) is 3.51. The van der Waals surface area contributed by atoms with Crippen LogP contribution in [0.5, 0.6) is 5.75 Å². The maximum absolute atomic E-state index is 12.6. The summed E-state index contributed by atoms with van der Waals surface area (Å²) in [4.78, 5) is 11.0.